The van der Waals surface area contributed by atoms with Crippen LogP contribution in [0.4, 0.5) is 0 Å². The Bertz CT molecular complexity index is 432. The Morgan fingerprint density at radius 1 is 1.47 bits per heavy atom. The van der Waals surface area contributed by atoms with Crippen molar-refractivity contribution in [3.05, 3.63) is 34.9 Å². The molecule has 1 aromatic rings. The van der Waals surface area contributed by atoms with Gasteiger partial charge in [0.25, 0.3) is 0 Å². The Kier molecular flexibility index (Phi) is 4.83. The van der Waals surface area contributed by atoms with Crippen molar-refractivity contribution in [2.45, 2.75) is 32.2 Å². The maximum Gasteiger partial charge on any atom is 0.303 e. The highest BCUT2D eigenvalue weighted by molar-refractivity contribution is 6.30. The number of hydrogen-bond acceptors (Lipinski definition) is 2. The molecule has 0 amide bonds. The first-order chi connectivity index (χ1) is 9.10. The molecular formula is C15H20ClNO2. The number of carboxylic acid groups (broad SMARTS) is 1. The van der Waals surface area contributed by atoms with E-state index in [9.17, 15) is 4.79 Å². The van der Waals surface area contributed by atoms with Crippen molar-refractivity contribution >= 4 is 17.6 Å². The molecule has 0 aromatic heterocycles. The van der Waals surface area contributed by atoms with Gasteiger partial charge < -0.3 is 5.11 Å². The molecule has 1 heterocycles. The molecule has 1 N–H and O–H groups in total. The maximum absolute atomic E-state index is 10.8. The molecule has 3 nitrogen and oxygen atoms in total. The zero-order valence-electron chi connectivity index (χ0n) is 11.2. The number of halogens is 1. The van der Waals surface area contributed by atoms with Crippen LogP contribution in [-0.4, -0.2) is 29.1 Å². The Balaban J connectivity index is 2.03. The lowest BCUT2D eigenvalue weighted by Gasteiger charge is -2.27. The second kappa shape index (κ2) is 6.40. The number of likely N-dealkylation sites (tertiary alicyclic amines) is 1. The molecular weight excluding hydrogens is 262 g/mol. The summed E-state index contributed by atoms with van der Waals surface area (Å²) >= 11 is 5.92. The quantitative estimate of drug-likeness (QED) is 0.897. The fourth-order valence-corrected chi connectivity index (χ4v) is 3.07. The number of rotatable bonds is 5. The van der Waals surface area contributed by atoms with Crippen LogP contribution in [0.25, 0.3) is 0 Å². The molecule has 1 aromatic carbocycles. The van der Waals surface area contributed by atoms with Crippen LogP contribution in [0.3, 0.4) is 0 Å². The third kappa shape index (κ3) is 3.71. The van der Waals surface area contributed by atoms with Crippen LogP contribution in [-0.2, 0) is 4.79 Å². The summed E-state index contributed by atoms with van der Waals surface area (Å²) in [6, 6.07) is 8.35. The van der Waals surface area contributed by atoms with Gasteiger partial charge in [0.05, 0.1) is 0 Å². The molecule has 0 aliphatic carbocycles. The molecule has 19 heavy (non-hydrogen) atoms. The maximum atomic E-state index is 10.8. The summed E-state index contributed by atoms with van der Waals surface area (Å²) in [5.41, 5.74) is 1.27. The van der Waals surface area contributed by atoms with Gasteiger partial charge in [0.1, 0.15) is 0 Å². The van der Waals surface area contributed by atoms with Crippen LogP contribution in [0, 0.1) is 5.92 Å². The molecule has 0 spiro atoms. The van der Waals surface area contributed by atoms with Crippen molar-refractivity contribution in [3.8, 4) is 0 Å². The van der Waals surface area contributed by atoms with E-state index in [1.807, 2.05) is 12.1 Å². The summed E-state index contributed by atoms with van der Waals surface area (Å²) in [5.74, 6) is -0.398. The van der Waals surface area contributed by atoms with Gasteiger partial charge in [-0.3, -0.25) is 9.69 Å². The van der Waals surface area contributed by atoms with Crippen LogP contribution in [0.5, 0.6) is 0 Å². The fraction of sp³-hybridized carbons (Fsp3) is 0.533. The molecule has 2 unspecified atom stereocenters. The fourth-order valence-electron chi connectivity index (χ4n) is 2.95. The Labute approximate surface area is 119 Å². The molecule has 104 valence electrons. The topological polar surface area (TPSA) is 40.5 Å². The SMILES string of the molecule is CCC(c1ccc(Cl)cc1)N1CCC(CC(=O)O)C1. The van der Waals surface area contributed by atoms with Crippen LogP contribution < -0.4 is 0 Å². The van der Waals surface area contributed by atoms with Gasteiger partial charge in [-0.25, -0.2) is 0 Å². The van der Waals surface area contributed by atoms with Gasteiger partial charge >= 0.3 is 5.97 Å². The van der Waals surface area contributed by atoms with E-state index in [-0.39, 0.29) is 6.42 Å². The number of carboxylic acids is 1. The second-order valence-corrected chi connectivity index (χ2v) is 5.66. The first-order valence-electron chi connectivity index (χ1n) is 6.81. The van der Waals surface area contributed by atoms with E-state index in [1.54, 1.807) is 0 Å². The lowest BCUT2D eigenvalue weighted by Crippen LogP contribution is -2.26. The minimum atomic E-state index is -0.689. The normalized spacial score (nSPS) is 21.5. The van der Waals surface area contributed by atoms with Gasteiger partial charge in [0, 0.05) is 24.0 Å². The summed E-state index contributed by atoms with van der Waals surface area (Å²) in [7, 11) is 0. The summed E-state index contributed by atoms with van der Waals surface area (Å²) < 4.78 is 0. The highest BCUT2D eigenvalue weighted by Crippen LogP contribution is 2.31. The van der Waals surface area contributed by atoms with E-state index in [0.717, 1.165) is 31.0 Å². The van der Waals surface area contributed by atoms with Crippen LogP contribution in [0.1, 0.15) is 37.8 Å². The van der Waals surface area contributed by atoms with Crippen molar-refractivity contribution < 1.29 is 9.90 Å². The second-order valence-electron chi connectivity index (χ2n) is 5.22. The molecule has 4 heteroatoms. The zero-order chi connectivity index (χ0) is 13.8. The largest absolute Gasteiger partial charge is 0.481 e. The van der Waals surface area contributed by atoms with E-state index >= 15 is 0 Å². The third-order valence-electron chi connectivity index (χ3n) is 3.86. The Morgan fingerprint density at radius 3 is 2.74 bits per heavy atom. The molecule has 2 rings (SSSR count). The Hall–Kier alpha value is -1.06. The zero-order valence-corrected chi connectivity index (χ0v) is 11.9. The predicted molar refractivity (Wildman–Crippen MR) is 76.4 cm³/mol. The molecule has 1 saturated heterocycles. The molecule has 2 atom stereocenters. The van der Waals surface area contributed by atoms with Crippen molar-refractivity contribution in [2.24, 2.45) is 5.92 Å². The summed E-state index contributed by atoms with van der Waals surface area (Å²) in [6.07, 6.45) is 2.30. The summed E-state index contributed by atoms with van der Waals surface area (Å²) in [5, 5.41) is 9.62. The van der Waals surface area contributed by atoms with E-state index < -0.39 is 5.97 Å². The number of benzene rings is 1. The minimum Gasteiger partial charge on any atom is -0.481 e. The first kappa shape index (κ1) is 14.4. The van der Waals surface area contributed by atoms with Crippen molar-refractivity contribution in [3.63, 3.8) is 0 Å². The van der Waals surface area contributed by atoms with Gasteiger partial charge in [-0.1, -0.05) is 30.7 Å². The van der Waals surface area contributed by atoms with Gasteiger partial charge in [0.15, 0.2) is 0 Å². The highest BCUT2D eigenvalue weighted by Gasteiger charge is 2.29. The smallest absolute Gasteiger partial charge is 0.303 e. The molecule has 0 bridgehead atoms. The molecule has 1 fully saturated rings. The third-order valence-corrected chi connectivity index (χ3v) is 4.11. The molecule has 0 saturated carbocycles. The van der Waals surface area contributed by atoms with Gasteiger partial charge in [-0.2, -0.15) is 0 Å². The molecule has 0 radical (unpaired) electrons. The van der Waals surface area contributed by atoms with Crippen molar-refractivity contribution in [2.75, 3.05) is 13.1 Å². The number of aliphatic carboxylic acids is 1. The monoisotopic (exact) mass is 281 g/mol. The highest BCUT2D eigenvalue weighted by atomic mass is 35.5. The molecule has 1 aliphatic heterocycles. The van der Waals surface area contributed by atoms with Crippen LogP contribution in [0.2, 0.25) is 5.02 Å². The van der Waals surface area contributed by atoms with Gasteiger partial charge in [-0.15, -0.1) is 0 Å². The number of carbonyl (C=O) groups is 1. The lowest BCUT2D eigenvalue weighted by atomic mass is 10.0. The van der Waals surface area contributed by atoms with E-state index in [4.69, 9.17) is 16.7 Å². The van der Waals surface area contributed by atoms with E-state index in [1.165, 1.54) is 5.56 Å². The van der Waals surface area contributed by atoms with Crippen LogP contribution >= 0.6 is 11.6 Å². The average Bonchev–Trinajstić information content (AvgIpc) is 2.80. The molecule has 1 aliphatic rings. The van der Waals surface area contributed by atoms with E-state index in [0.29, 0.717) is 12.0 Å². The van der Waals surface area contributed by atoms with E-state index in [2.05, 4.69) is 24.0 Å². The number of hydrogen-bond donors (Lipinski definition) is 1. The number of nitrogens with zero attached hydrogens (tertiary/aromatic N) is 1. The first-order valence-corrected chi connectivity index (χ1v) is 7.19. The lowest BCUT2D eigenvalue weighted by molar-refractivity contribution is -0.138. The van der Waals surface area contributed by atoms with Crippen LogP contribution in [0.15, 0.2) is 24.3 Å². The van der Waals surface area contributed by atoms with Gasteiger partial charge in [-0.05, 0) is 43.0 Å². The minimum absolute atomic E-state index is 0.285. The standard InChI is InChI=1S/C15H20ClNO2/c1-2-14(12-3-5-13(16)6-4-12)17-8-7-11(10-17)9-15(18)19/h3-6,11,14H,2,7-10H2,1H3,(H,18,19). The predicted octanol–water partition coefficient (Wildman–Crippen LogP) is 3.59. The van der Waals surface area contributed by atoms with Crippen molar-refractivity contribution in [1.29, 1.82) is 0 Å². The Morgan fingerprint density at radius 2 is 2.16 bits per heavy atom. The van der Waals surface area contributed by atoms with Gasteiger partial charge in [0.2, 0.25) is 0 Å². The average molecular weight is 282 g/mol. The summed E-state index contributed by atoms with van der Waals surface area (Å²) in [6.45, 7) is 4.04. The summed E-state index contributed by atoms with van der Waals surface area (Å²) in [4.78, 5) is 13.2. The van der Waals surface area contributed by atoms with Crippen molar-refractivity contribution in [1.82, 2.24) is 4.90 Å².